The number of carbonyl (C=O) groups excluding carboxylic acids is 1. The maximum atomic E-state index is 13.5. The molecule has 4 aliphatic heterocycles. The van der Waals surface area contributed by atoms with Gasteiger partial charge in [-0.05, 0) is 117 Å². The number of benzene rings is 2. The van der Waals surface area contributed by atoms with Gasteiger partial charge < -0.3 is 9.64 Å². The van der Waals surface area contributed by atoms with Gasteiger partial charge in [0.15, 0.2) is 0 Å². The molecule has 0 radical (unpaired) electrons. The highest BCUT2D eigenvalue weighted by molar-refractivity contribution is 7.84. The van der Waals surface area contributed by atoms with Gasteiger partial charge in [0.05, 0.1) is 17.5 Å². The molecule has 5 aliphatic rings. The van der Waals surface area contributed by atoms with Gasteiger partial charge in [0, 0.05) is 61.8 Å². The van der Waals surface area contributed by atoms with E-state index in [1.807, 2.05) is 31.2 Å². The number of anilines is 1. The summed E-state index contributed by atoms with van der Waals surface area (Å²) < 4.78 is 22.9. The SMILES string of the molecule is CCCc1cc(Cl)ccc1C1COc2ccc3cc2N(C1)CC1CCC1C(CN1CCN2CCCCC2C1)/C=C/CC(C)C(C)S(=O)NC3=O. The van der Waals surface area contributed by atoms with Crippen molar-refractivity contribution in [1.82, 2.24) is 14.5 Å². The van der Waals surface area contributed by atoms with Gasteiger partial charge in [-0.2, -0.15) is 0 Å². The molecule has 9 heteroatoms. The number of halogens is 1. The maximum Gasteiger partial charge on any atom is 0.263 e. The molecule has 8 atom stereocenters. The molecule has 3 fully saturated rings. The Kier molecular flexibility index (Phi) is 11.6. The Morgan fingerprint density at radius 3 is 2.70 bits per heavy atom. The van der Waals surface area contributed by atoms with Crippen molar-refractivity contribution in [3.8, 4) is 5.75 Å². The molecule has 50 heavy (non-hydrogen) atoms. The fourth-order valence-corrected chi connectivity index (χ4v) is 10.5. The molecule has 2 bridgehead atoms. The van der Waals surface area contributed by atoms with Gasteiger partial charge in [0.2, 0.25) is 0 Å². The van der Waals surface area contributed by atoms with Crippen molar-refractivity contribution < 1.29 is 13.7 Å². The van der Waals surface area contributed by atoms with Gasteiger partial charge in [-0.15, -0.1) is 0 Å². The number of allylic oxidation sites excluding steroid dienone is 1. The third-order valence-electron chi connectivity index (χ3n) is 12.6. The van der Waals surface area contributed by atoms with Crippen molar-refractivity contribution in [3.63, 3.8) is 0 Å². The van der Waals surface area contributed by atoms with E-state index in [0.29, 0.717) is 36.0 Å². The van der Waals surface area contributed by atoms with Crippen LogP contribution in [0.15, 0.2) is 48.6 Å². The molecule has 1 N–H and O–H groups in total. The van der Waals surface area contributed by atoms with Crippen LogP contribution in [0, 0.1) is 23.7 Å². The zero-order chi connectivity index (χ0) is 34.8. The average molecular weight is 721 g/mol. The molecule has 1 saturated carbocycles. The fraction of sp³-hybridized carbons (Fsp3) is 0.634. The van der Waals surface area contributed by atoms with Gasteiger partial charge in [-0.1, -0.05) is 56.5 Å². The molecule has 7 rings (SSSR count). The highest BCUT2D eigenvalue weighted by atomic mass is 35.5. The lowest BCUT2D eigenvalue weighted by molar-refractivity contribution is 0.0283. The van der Waals surface area contributed by atoms with E-state index in [1.165, 1.54) is 62.9 Å². The zero-order valence-corrected chi connectivity index (χ0v) is 31.9. The normalized spacial score (nSPS) is 33.2. The van der Waals surface area contributed by atoms with E-state index >= 15 is 0 Å². The molecule has 2 aromatic carbocycles. The van der Waals surface area contributed by atoms with Crippen LogP contribution in [0.1, 0.15) is 93.1 Å². The monoisotopic (exact) mass is 720 g/mol. The molecule has 0 aromatic heterocycles. The number of rotatable bonds is 5. The summed E-state index contributed by atoms with van der Waals surface area (Å²) in [5, 5.41) is 0.613. The van der Waals surface area contributed by atoms with E-state index in [-0.39, 0.29) is 23.0 Å². The van der Waals surface area contributed by atoms with Crippen LogP contribution in [-0.4, -0.2) is 83.6 Å². The quantitative estimate of drug-likeness (QED) is 0.324. The van der Waals surface area contributed by atoms with Gasteiger partial charge in [-0.25, -0.2) is 4.21 Å². The summed E-state index contributed by atoms with van der Waals surface area (Å²) >= 11 is 6.50. The van der Waals surface area contributed by atoms with Crippen molar-refractivity contribution in [2.45, 2.75) is 89.3 Å². The minimum absolute atomic E-state index is 0.163. The van der Waals surface area contributed by atoms with E-state index in [4.69, 9.17) is 16.3 Å². The Hall–Kier alpha value is -2.39. The van der Waals surface area contributed by atoms with Crippen LogP contribution in [-0.2, 0) is 17.4 Å². The Morgan fingerprint density at radius 2 is 1.88 bits per heavy atom. The average Bonchev–Trinajstić information content (AvgIpc) is 3.28. The largest absolute Gasteiger partial charge is 0.491 e. The second kappa shape index (κ2) is 16.1. The first-order valence-electron chi connectivity index (χ1n) is 19.4. The Labute approximate surface area is 307 Å². The summed E-state index contributed by atoms with van der Waals surface area (Å²) in [6, 6.07) is 12.8. The van der Waals surface area contributed by atoms with Crippen molar-refractivity contribution in [2.75, 3.05) is 57.3 Å². The molecule has 4 heterocycles. The van der Waals surface area contributed by atoms with Crippen molar-refractivity contribution in [3.05, 3.63) is 70.3 Å². The lowest BCUT2D eigenvalue weighted by Gasteiger charge is -2.48. The van der Waals surface area contributed by atoms with Crippen LogP contribution >= 0.6 is 11.6 Å². The molecule has 1 aliphatic carbocycles. The lowest BCUT2D eigenvalue weighted by Crippen LogP contribution is -2.56. The van der Waals surface area contributed by atoms with Gasteiger partial charge in [0.25, 0.3) is 5.91 Å². The standard InChI is InChI=1S/C41H57ClN4O3S/c1-4-8-30-21-35(42)14-16-37(30)34-25-46-24-33-12-15-38(33)32(23-44-19-20-45-18-6-5-11-36(45)26-44)10-7-9-28(2)29(3)50(48)43-41(47)31-13-17-40(49-27-34)39(46)22-31/h7,10,13-14,16-17,21-22,28-29,32-34,36,38H,4-6,8-9,11-12,15,18-20,23-27H2,1-3H3,(H,43,47)/b10-7+. The smallest absolute Gasteiger partial charge is 0.263 e. The Balaban J connectivity index is 1.21. The second-order valence-electron chi connectivity index (χ2n) is 15.9. The van der Waals surface area contributed by atoms with Crippen molar-refractivity contribution in [2.24, 2.45) is 23.7 Å². The number of amides is 1. The van der Waals surface area contributed by atoms with Crippen LogP contribution in [0.4, 0.5) is 5.69 Å². The molecular formula is C41H57ClN4O3S. The molecular weight excluding hydrogens is 664 g/mol. The number of nitrogens with one attached hydrogen (secondary N) is 1. The first kappa shape index (κ1) is 36.0. The minimum Gasteiger partial charge on any atom is -0.491 e. The highest BCUT2D eigenvalue weighted by Crippen LogP contribution is 2.45. The number of fused-ring (bicyclic) bond motifs is 3. The van der Waals surface area contributed by atoms with Gasteiger partial charge >= 0.3 is 0 Å². The van der Waals surface area contributed by atoms with E-state index < -0.39 is 11.0 Å². The summed E-state index contributed by atoms with van der Waals surface area (Å²) in [5.74, 6) is 2.52. The molecule has 272 valence electrons. The van der Waals surface area contributed by atoms with E-state index in [9.17, 15) is 9.00 Å². The highest BCUT2D eigenvalue weighted by Gasteiger charge is 2.40. The summed E-state index contributed by atoms with van der Waals surface area (Å²) in [4.78, 5) is 21.5. The molecule has 0 spiro atoms. The van der Waals surface area contributed by atoms with Gasteiger partial charge in [-0.3, -0.25) is 19.3 Å². The van der Waals surface area contributed by atoms with Crippen LogP contribution in [0.5, 0.6) is 5.75 Å². The minimum atomic E-state index is -1.49. The second-order valence-corrected chi connectivity index (χ2v) is 17.9. The summed E-state index contributed by atoms with van der Waals surface area (Å²) in [7, 11) is -1.49. The van der Waals surface area contributed by atoms with Crippen LogP contribution < -0.4 is 14.4 Å². The summed E-state index contributed by atoms with van der Waals surface area (Å²) in [6.45, 7) is 14.6. The Morgan fingerprint density at radius 1 is 1.00 bits per heavy atom. The lowest BCUT2D eigenvalue weighted by atomic mass is 9.66. The number of piperidine rings is 1. The summed E-state index contributed by atoms with van der Waals surface area (Å²) in [6.07, 6.45) is 14.3. The van der Waals surface area contributed by atoms with E-state index in [1.54, 1.807) is 0 Å². The number of ether oxygens (including phenoxy) is 1. The third-order valence-corrected chi connectivity index (χ3v) is 14.4. The predicted octanol–water partition coefficient (Wildman–Crippen LogP) is 7.47. The van der Waals surface area contributed by atoms with E-state index in [0.717, 1.165) is 61.9 Å². The van der Waals surface area contributed by atoms with Crippen LogP contribution in [0.3, 0.4) is 0 Å². The first-order valence-corrected chi connectivity index (χ1v) is 21.0. The molecule has 2 saturated heterocycles. The van der Waals surface area contributed by atoms with Crippen molar-refractivity contribution in [1.29, 1.82) is 0 Å². The molecule has 2 aromatic rings. The predicted molar refractivity (Wildman–Crippen MR) is 206 cm³/mol. The topological polar surface area (TPSA) is 65.1 Å². The molecule has 1 amide bonds. The fourth-order valence-electron chi connectivity index (χ4n) is 9.26. The number of hydrogen-bond acceptors (Lipinski definition) is 6. The first-order chi connectivity index (χ1) is 24.3. The number of nitrogens with zero attached hydrogens (tertiary/aromatic N) is 3. The molecule has 8 unspecified atom stereocenters. The maximum absolute atomic E-state index is 13.5. The number of piperazine rings is 1. The summed E-state index contributed by atoms with van der Waals surface area (Å²) in [5.41, 5.74) is 4.10. The number of carbonyl (C=O) groups is 1. The zero-order valence-electron chi connectivity index (χ0n) is 30.3. The third kappa shape index (κ3) is 7.99. The van der Waals surface area contributed by atoms with Gasteiger partial charge in [0.1, 0.15) is 16.7 Å². The van der Waals surface area contributed by atoms with E-state index in [2.05, 4.69) is 57.6 Å². The molecule has 7 nitrogen and oxygen atoms in total. The van der Waals surface area contributed by atoms with Crippen LogP contribution in [0.25, 0.3) is 0 Å². The Bertz CT molecular complexity index is 1570. The number of aryl methyl sites for hydroxylation is 1. The number of hydrogen-bond donors (Lipinski definition) is 1. The van der Waals surface area contributed by atoms with Crippen molar-refractivity contribution >= 4 is 34.2 Å². The van der Waals surface area contributed by atoms with Crippen LogP contribution in [0.2, 0.25) is 5.02 Å².